The minimum Gasteiger partial charge on any atom is -0.314 e. The Morgan fingerprint density at radius 2 is 2.19 bits per heavy atom. The van der Waals surface area contributed by atoms with E-state index >= 15 is 0 Å². The zero-order valence-corrected chi connectivity index (χ0v) is 10.8. The van der Waals surface area contributed by atoms with Crippen molar-refractivity contribution >= 4 is 11.6 Å². The molecule has 1 aromatic rings. The highest BCUT2D eigenvalue weighted by molar-refractivity contribution is 6.31. The third-order valence-corrected chi connectivity index (χ3v) is 4.09. The van der Waals surface area contributed by atoms with Crippen molar-refractivity contribution in [3.63, 3.8) is 0 Å². The molecule has 2 atom stereocenters. The average Bonchev–Trinajstić information content (AvgIpc) is 2.62. The zero-order valence-electron chi connectivity index (χ0n) is 10.1. The predicted molar refractivity (Wildman–Crippen MR) is 70.1 cm³/mol. The Bertz CT molecular complexity index is 364. The van der Waals surface area contributed by atoms with E-state index in [-0.39, 0.29) is 5.41 Å². The zero-order chi connectivity index (χ0) is 11.6. The van der Waals surface area contributed by atoms with Crippen LogP contribution in [-0.4, -0.2) is 12.6 Å². The molecule has 1 N–H and O–H groups in total. The van der Waals surface area contributed by atoms with Crippen molar-refractivity contribution in [2.75, 3.05) is 6.54 Å². The summed E-state index contributed by atoms with van der Waals surface area (Å²) in [7, 11) is 0. The minimum absolute atomic E-state index is 0.255. The number of hydrogen-bond acceptors (Lipinski definition) is 1. The molecule has 2 rings (SSSR count). The maximum atomic E-state index is 6.30. The van der Waals surface area contributed by atoms with E-state index in [0.717, 1.165) is 11.6 Å². The van der Waals surface area contributed by atoms with Crippen LogP contribution in [0.3, 0.4) is 0 Å². The minimum atomic E-state index is 0.255. The van der Waals surface area contributed by atoms with E-state index < -0.39 is 0 Å². The molecular weight excluding hydrogens is 218 g/mol. The van der Waals surface area contributed by atoms with Crippen molar-refractivity contribution in [1.82, 2.24) is 5.32 Å². The maximum absolute atomic E-state index is 6.30. The lowest BCUT2D eigenvalue weighted by atomic mass is 9.81. The van der Waals surface area contributed by atoms with Crippen LogP contribution in [0.5, 0.6) is 0 Å². The van der Waals surface area contributed by atoms with Crippen LogP contribution in [0.4, 0.5) is 0 Å². The Morgan fingerprint density at radius 3 is 2.88 bits per heavy atom. The number of nitrogens with one attached hydrogen (secondary N) is 1. The normalized spacial score (nSPS) is 29.6. The Balaban J connectivity index is 2.18. The SMILES string of the molecule is CCNC1CCC(C)(c2ccccc2Cl)C1. The molecule has 0 amide bonds. The lowest BCUT2D eigenvalue weighted by Gasteiger charge is -2.26. The summed E-state index contributed by atoms with van der Waals surface area (Å²) >= 11 is 6.30. The van der Waals surface area contributed by atoms with E-state index in [9.17, 15) is 0 Å². The van der Waals surface area contributed by atoms with Gasteiger partial charge in [-0.05, 0) is 42.9 Å². The summed E-state index contributed by atoms with van der Waals surface area (Å²) in [6.45, 7) is 5.57. The lowest BCUT2D eigenvalue weighted by Crippen LogP contribution is -2.28. The molecule has 88 valence electrons. The second-order valence-electron chi connectivity index (χ2n) is 5.04. The first kappa shape index (κ1) is 11.9. The molecule has 1 fully saturated rings. The third-order valence-electron chi connectivity index (χ3n) is 3.76. The molecule has 16 heavy (non-hydrogen) atoms. The van der Waals surface area contributed by atoms with Crippen LogP contribution in [0.15, 0.2) is 24.3 Å². The summed E-state index contributed by atoms with van der Waals surface area (Å²) in [4.78, 5) is 0. The summed E-state index contributed by atoms with van der Waals surface area (Å²) in [6.07, 6.45) is 3.69. The van der Waals surface area contributed by atoms with Crippen LogP contribution >= 0.6 is 11.6 Å². The van der Waals surface area contributed by atoms with Crippen LogP contribution in [0.25, 0.3) is 0 Å². The van der Waals surface area contributed by atoms with Crippen molar-refractivity contribution in [3.05, 3.63) is 34.9 Å². The van der Waals surface area contributed by atoms with Gasteiger partial charge in [0.1, 0.15) is 0 Å². The van der Waals surface area contributed by atoms with Gasteiger partial charge in [0.15, 0.2) is 0 Å². The van der Waals surface area contributed by atoms with Crippen molar-refractivity contribution in [3.8, 4) is 0 Å². The number of benzene rings is 1. The molecule has 0 saturated heterocycles. The van der Waals surface area contributed by atoms with Gasteiger partial charge in [-0.25, -0.2) is 0 Å². The van der Waals surface area contributed by atoms with E-state index in [1.54, 1.807) is 0 Å². The third kappa shape index (κ3) is 2.26. The van der Waals surface area contributed by atoms with Gasteiger partial charge >= 0.3 is 0 Å². The van der Waals surface area contributed by atoms with Crippen LogP contribution in [0, 0.1) is 0 Å². The standard InChI is InChI=1S/C14H20ClN/c1-3-16-11-8-9-14(2,10-11)12-6-4-5-7-13(12)15/h4-7,11,16H,3,8-10H2,1-2H3. The first-order valence-electron chi connectivity index (χ1n) is 6.14. The second-order valence-corrected chi connectivity index (χ2v) is 5.45. The van der Waals surface area contributed by atoms with E-state index in [2.05, 4.69) is 31.3 Å². The van der Waals surface area contributed by atoms with E-state index in [4.69, 9.17) is 11.6 Å². The van der Waals surface area contributed by atoms with Crippen LogP contribution < -0.4 is 5.32 Å². The van der Waals surface area contributed by atoms with E-state index in [0.29, 0.717) is 6.04 Å². The maximum Gasteiger partial charge on any atom is 0.0443 e. The Kier molecular flexibility index (Phi) is 3.56. The van der Waals surface area contributed by atoms with Gasteiger partial charge in [-0.1, -0.05) is 43.6 Å². The first-order valence-corrected chi connectivity index (χ1v) is 6.52. The van der Waals surface area contributed by atoms with Gasteiger partial charge in [-0.2, -0.15) is 0 Å². The number of halogens is 1. The quantitative estimate of drug-likeness (QED) is 0.844. The summed E-state index contributed by atoms with van der Waals surface area (Å²) in [6, 6.07) is 8.93. The largest absolute Gasteiger partial charge is 0.314 e. The molecule has 2 unspecified atom stereocenters. The second kappa shape index (κ2) is 4.77. The molecule has 0 radical (unpaired) electrons. The monoisotopic (exact) mass is 237 g/mol. The molecule has 1 aromatic carbocycles. The molecule has 0 aliphatic heterocycles. The fourth-order valence-corrected chi connectivity index (χ4v) is 3.26. The Hall–Kier alpha value is -0.530. The van der Waals surface area contributed by atoms with Crippen LogP contribution in [0.1, 0.15) is 38.7 Å². The number of rotatable bonds is 3. The average molecular weight is 238 g/mol. The molecule has 0 bridgehead atoms. The lowest BCUT2D eigenvalue weighted by molar-refractivity contribution is 0.458. The topological polar surface area (TPSA) is 12.0 Å². The van der Waals surface area contributed by atoms with Gasteiger partial charge in [0, 0.05) is 11.1 Å². The highest BCUT2D eigenvalue weighted by atomic mass is 35.5. The molecule has 0 spiro atoms. The van der Waals surface area contributed by atoms with Crippen molar-refractivity contribution in [2.45, 2.75) is 44.6 Å². The fourth-order valence-electron chi connectivity index (χ4n) is 2.90. The molecule has 1 saturated carbocycles. The van der Waals surface area contributed by atoms with E-state index in [1.165, 1.54) is 24.8 Å². The van der Waals surface area contributed by atoms with Crippen molar-refractivity contribution in [1.29, 1.82) is 0 Å². The van der Waals surface area contributed by atoms with Crippen molar-refractivity contribution in [2.24, 2.45) is 0 Å². The van der Waals surface area contributed by atoms with Gasteiger partial charge in [-0.3, -0.25) is 0 Å². The Labute approximate surface area is 103 Å². The summed E-state index contributed by atoms with van der Waals surface area (Å²) in [5.74, 6) is 0. The highest BCUT2D eigenvalue weighted by Crippen LogP contribution is 2.43. The van der Waals surface area contributed by atoms with E-state index in [1.807, 2.05) is 12.1 Å². The molecule has 1 aliphatic carbocycles. The van der Waals surface area contributed by atoms with Crippen LogP contribution in [0.2, 0.25) is 5.02 Å². The summed E-state index contributed by atoms with van der Waals surface area (Å²) in [5, 5.41) is 4.46. The molecular formula is C14H20ClN. The van der Waals surface area contributed by atoms with Crippen molar-refractivity contribution < 1.29 is 0 Å². The van der Waals surface area contributed by atoms with Gasteiger partial charge in [0.05, 0.1) is 0 Å². The smallest absolute Gasteiger partial charge is 0.0443 e. The fraction of sp³-hybridized carbons (Fsp3) is 0.571. The summed E-state index contributed by atoms with van der Waals surface area (Å²) < 4.78 is 0. The van der Waals surface area contributed by atoms with Gasteiger partial charge in [-0.15, -0.1) is 0 Å². The molecule has 2 heteroatoms. The van der Waals surface area contributed by atoms with Crippen LogP contribution in [-0.2, 0) is 5.41 Å². The van der Waals surface area contributed by atoms with Gasteiger partial charge in [0.2, 0.25) is 0 Å². The first-order chi connectivity index (χ1) is 7.65. The van der Waals surface area contributed by atoms with Gasteiger partial charge in [0.25, 0.3) is 0 Å². The summed E-state index contributed by atoms with van der Waals surface area (Å²) in [5.41, 5.74) is 1.57. The number of hydrogen-bond donors (Lipinski definition) is 1. The predicted octanol–water partition coefficient (Wildman–Crippen LogP) is 3.76. The molecule has 1 aliphatic rings. The molecule has 0 heterocycles. The Morgan fingerprint density at radius 1 is 1.44 bits per heavy atom. The van der Waals surface area contributed by atoms with Gasteiger partial charge < -0.3 is 5.32 Å². The molecule has 1 nitrogen and oxygen atoms in total. The highest BCUT2D eigenvalue weighted by Gasteiger charge is 2.37. The molecule has 0 aromatic heterocycles.